The van der Waals surface area contributed by atoms with E-state index >= 15 is 0 Å². The topological polar surface area (TPSA) is 0 Å². The van der Waals surface area contributed by atoms with Gasteiger partial charge in [0.1, 0.15) is 0 Å². The molecule has 0 heterocycles. The van der Waals surface area contributed by atoms with E-state index in [-0.39, 0.29) is 0 Å². The number of hydrogen-bond donors (Lipinski definition) is 0. The van der Waals surface area contributed by atoms with Crippen LogP contribution in [0.4, 0.5) is 0 Å². The second-order valence-corrected chi connectivity index (χ2v) is 11.3. The summed E-state index contributed by atoms with van der Waals surface area (Å²) in [6.07, 6.45) is 7.13. The number of rotatable bonds is 2. The molecule has 1 fully saturated rings. The first kappa shape index (κ1) is 11.9. The molecule has 0 aromatic heterocycles. The summed E-state index contributed by atoms with van der Waals surface area (Å²) in [5, 5.41) is 1.59. The van der Waals surface area contributed by atoms with Crippen molar-refractivity contribution in [3.05, 3.63) is 29.8 Å². The van der Waals surface area contributed by atoms with Gasteiger partial charge in [0, 0.05) is 0 Å². The molecule has 0 radical (unpaired) electrons. The molecule has 0 amide bonds. The molecule has 0 unspecified atom stereocenters. The van der Waals surface area contributed by atoms with E-state index in [1.807, 2.05) is 0 Å². The molecule has 1 heteroatoms. The molecule has 88 valence electrons. The number of hydrogen-bond acceptors (Lipinski definition) is 0. The molecular weight excluding hydrogens is 208 g/mol. The molecule has 0 bridgehead atoms. The third-order valence-electron chi connectivity index (χ3n) is 3.85. The zero-order chi connectivity index (χ0) is 11.6. The molecule has 1 saturated carbocycles. The lowest BCUT2D eigenvalue weighted by molar-refractivity contribution is 0.443. The molecule has 1 aromatic rings. The zero-order valence-electron chi connectivity index (χ0n) is 10.9. The van der Waals surface area contributed by atoms with Gasteiger partial charge in [0.25, 0.3) is 0 Å². The van der Waals surface area contributed by atoms with Crippen LogP contribution in [0, 0.1) is 0 Å². The fraction of sp³-hybridized carbons (Fsp3) is 0.600. The van der Waals surface area contributed by atoms with Gasteiger partial charge in [0.15, 0.2) is 0 Å². The molecule has 1 aromatic carbocycles. The highest BCUT2D eigenvalue weighted by atomic mass is 28.3. The Balaban J connectivity index is 2.12. The van der Waals surface area contributed by atoms with Gasteiger partial charge >= 0.3 is 0 Å². The molecule has 0 aliphatic heterocycles. The van der Waals surface area contributed by atoms with Gasteiger partial charge in [-0.2, -0.15) is 0 Å². The Bertz CT molecular complexity index is 325. The molecule has 1 aliphatic rings. The van der Waals surface area contributed by atoms with Crippen molar-refractivity contribution >= 4 is 13.3 Å². The summed E-state index contributed by atoms with van der Waals surface area (Å²) in [5.74, 6) is 0.851. The SMILES string of the molecule is C[Si](C)(C)c1ccc(C2CCCCC2)cc1. The predicted octanol–water partition coefficient (Wildman–Crippen LogP) is 4.28. The maximum atomic E-state index is 2.42. The van der Waals surface area contributed by atoms with Gasteiger partial charge in [-0.05, 0) is 24.3 Å². The second-order valence-electron chi connectivity index (χ2n) is 6.21. The normalized spacial score (nSPS) is 18.7. The van der Waals surface area contributed by atoms with E-state index in [4.69, 9.17) is 0 Å². The van der Waals surface area contributed by atoms with Crippen molar-refractivity contribution in [3.63, 3.8) is 0 Å². The van der Waals surface area contributed by atoms with Crippen LogP contribution in [-0.4, -0.2) is 8.07 Å². The van der Waals surface area contributed by atoms with Crippen molar-refractivity contribution in [3.8, 4) is 0 Å². The first-order valence-corrected chi connectivity index (χ1v) is 10.2. The van der Waals surface area contributed by atoms with Gasteiger partial charge in [0.05, 0.1) is 8.07 Å². The Morgan fingerprint density at radius 1 is 0.875 bits per heavy atom. The molecular formula is C15H24Si. The molecule has 0 saturated heterocycles. The van der Waals surface area contributed by atoms with E-state index in [1.54, 1.807) is 10.8 Å². The summed E-state index contributed by atoms with van der Waals surface area (Å²) < 4.78 is 0. The molecule has 1 aliphatic carbocycles. The van der Waals surface area contributed by atoms with Crippen molar-refractivity contribution in [2.75, 3.05) is 0 Å². The Hall–Kier alpha value is -0.563. The van der Waals surface area contributed by atoms with Gasteiger partial charge in [-0.15, -0.1) is 0 Å². The van der Waals surface area contributed by atoms with E-state index in [2.05, 4.69) is 43.9 Å². The van der Waals surface area contributed by atoms with Crippen molar-refractivity contribution in [1.82, 2.24) is 0 Å². The fourth-order valence-electron chi connectivity index (χ4n) is 2.69. The monoisotopic (exact) mass is 232 g/mol. The summed E-state index contributed by atoms with van der Waals surface area (Å²) in [7, 11) is -1.11. The Kier molecular flexibility index (Phi) is 3.53. The van der Waals surface area contributed by atoms with Crippen molar-refractivity contribution in [1.29, 1.82) is 0 Å². The lowest BCUT2D eigenvalue weighted by Gasteiger charge is -2.23. The van der Waals surface area contributed by atoms with Crippen molar-refractivity contribution in [2.24, 2.45) is 0 Å². The average Bonchev–Trinajstić information content (AvgIpc) is 2.29. The Morgan fingerprint density at radius 2 is 1.44 bits per heavy atom. The van der Waals surface area contributed by atoms with E-state index in [9.17, 15) is 0 Å². The third-order valence-corrected chi connectivity index (χ3v) is 5.92. The smallest absolute Gasteiger partial charge is 0.0656 e. The third kappa shape index (κ3) is 2.76. The molecule has 0 spiro atoms. The van der Waals surface area contributed by atoms with Gasteiger partial charge in [-0.25, -0.2) is 0 Å². The van der Waals surface area contributed by atoms with Crippen molar-refractivity contribution < 1.29 is 0 Å². The van der Waals surface area contributed by atoms with Crippen LogP contribution in [0.15, 0.2) is 24.3 Å². The van der Waals surface area contributed by atoms with Gasteiger partial charge in [-0.3, -0.25) is 0 Å². The van der Waals surface area contributed by atoms with E-state index in [0.29, 0.717) is 0 Å². The van der Waals surface area contributed by atoms with Gasteiger partial charge < -0.3 is 0 Å². The second kappa shape index (κ2) is 4.75. The highest BCUT2D eigenvalue weighted by molar-refractivity contribution is 6.88. The van der Waals surface area contributed by atoms with E-state index in [0.717, 1.165) is 5.92 Å². The number of benzene rings is 1. The molecule has 2 rings (SSSR count). The minimum absolute atomic E-state index is 0.851. The first-order chi connectivity index (χ1) is 7.57. The van der Waals surface area contributed by atoms with Crippen LogP contribution in [0.3, 0.4) is 0 Å². The summed E-state index contributed by atoms with van der Waals surface area (Å²) >= 11 is 0. The maximum Gasteiger partial charge on any atom is 0.0775 e. The molecule has 0 atom stereocenters. The Morgan fingerprint density at radius 3 is 1.94 bits per heavy atom. The lowest BCUT2D eigenvalue weighted by Crippen LogP contribution is -2.37. The standard InChI is InChI=1S/C15H24Si/c1-16(2,3)15-11-9-14(10-12-15)13-7-5-4-6-8-13/h9-13H,4-8H2,1-3H3. The molecule has 16 heavy (non-hydrogen) atoms. The van der Waals surface area contributed by atoms with Crippen LogP contribution in [0.25, 0.3) is 0 Å². The van der Waals surface area contributed by atoms with Crippen LogP contribution in [-0.2, 0) is 0 Å². The summed E-state index contributed by atoms with van der Waals surface area (Å²) in [5.41, 5.74) is 1.58. The van der Waals surface area contributed by atoms with Crippen LogP contribution < -0.4 is 5.19 Å². The average molecular weight is 232 g/mol. The minimum atomic E-state index is -1.11. The highest BCUT2D eigenvalue weighted by Crippen LogP contribution is 2.32. The minimum Gasteiger partial charge on any atom is -0.0656 e. The molecule has 0 N–H and O–H groups in total. The predicted molar refractivity (Wildman–Crippen MR) is 75.2 cm³/mol. The van der Waals surface area contributed by atoms with Crippen LogP contribution >= 0.6 is 0 Å². The van der Waals surface area contributed by atoms with E-state index < -0.39 is 8.07 Å². The quantitative estimate of drug-likeness (QED) is 0.668. The largest absolute Gasteiger partial charge is 0.0775 e. The summed E-state index contributed by atoms with van der Waals surface area (Å²) in [4.78, 5) is 0. The first-order valence-electron chi connectivity index (χ1n) is 6.68. The molecule has 0 nitrogen and oxygen atoms in total. The highest BCUT2D eigenvalue weighted by Gasteiger charge is 2.18. The van der Waals surface area contributed by atoms with Crippen LogP contribution in [0.5, 0.6) is 0 Å². The zero-order valence-corrected chi connectivity index (χ0v) is 11.9. The maximum absolute atomic E-state index is 2.42. The lowest BCUT2D eigenvalue weighted by atomic mass is 9.84. The van der Waals surface area contributed by atoms with Gasteiger partial charge in [0.2, 0.25) is 0 Å². The van der Waals surface area contributed by atoms with Crippen LogP contribution in [0.1, 0.15) is 43.6 Å². The van der Waals surface area contributed by atoms with E-state index in [1.165, 1.54) is 32.1 Å². The summed E-state index contributed by atoms with van der Waals surface area (Å²) in [6, 6.07) is 9.56. The van der Waals surface area contributed by atoms with Gasteiger partial charge in [-0.1, -0.05) is 68.4 Å². The fourth-order valence-corrected chi connectivity index (χ4v) is 3.86. The van der Waals surface area contributed by atoms with Crippen LogP contribution in [0.2, 0.25) is 19.6 Å². The Labute approximate surface area is 101 Å². The summed E-state index contributed by atoms with van der Waals surface area (Å²) in [6.45, 7) is 7.26. The van der Waals surface area contributed by atoms with Crippen molar-refractivity contribution in [2.45, 2.75) is 57.7 Å².